The maximum Gasteiger partial charge on any atom is 0.312 e. The highest BCUT2D eigenvalue weighted by atomic mass is 35.5. The van der Waals surface area contributed by atoms with Crippen molar-refractivity contribution in [3.05, 3.63) is 28.6 Å². The van der Waals surface area contributed by atoms with E-state index < -0.39 is 5.60 Å². The molecule has 0 aliphatic carbocycles. The lowest BCUT2D eigenvalue weighted by Gasteiger charge is -2.37. The molecule has 1 N–H and O–H groups in total. The van der Waals surface area contributed by atoms with Gasteiger partial charge in [0, 0.05) is 31.1 Å². The molecule has 0 unspecified atom stereocenters. The molecule has 152 valence electrons. The minimum absolute atomic E-state index is 0.0272. The van der Waals surface area contributed by atoms with Gasteiger partial charge in [0.15, 0.2) is 5.13 Å². The number of hydrogen-bond acceptors (Lipinski definition) is 7. The Morgan fingerprint density at radius 2 is 2.14 bits per heavy atom. The SMILES string of the molecule is CO[C@H]1CN(c2nc(-c3cccc(Cl)c3O)cs2)CC[C@H]1C(=O)OC(C)(C)C. The Morgan fingerprint density at radius 1 is 1.39 bits per heavy atom. The fourth-order valence-electron chi connectivity index (χ4n) is 3.23. The van der Waals surface area contributed by atoms with Crippen molar-refractivity contribution in [3.8, 4) is 17.0 Å². The summed E-state index contributed by atoms with van der Waals surface area (Å²) in [5.41, 5.74) is 0.750. The molecule has 1 aromatic heterocycles. The highest BCUT2D eigenvalue weighted by molar-refractivity contribution is 7.14. The van der Waals surface area contributed by atoms with Crippen LogP contribution in [0.5, 0.6) is 5.75 Å². The summed E-state index contributed by atoms with van der Waals surface area (Å²) in [7, 11) is 1.61. The summed E-state index contributed by atoms with van der Waals surface area (Å²) in [6, 6.07) is 5.20. The van der Waals surface area contributed by atoms with E-state index in [9.17, 15) is 9.90 Å². The molecule has 8 heteroatoms. The minimum atomic E-state index is -0.518. The summed E-state index contributed by atoms with van der Waals surface area (Å²) >= 11 is 7.49. The highest BCUT2D eigenvalue weighted by Crippen LogP contribution is 2.37. The zero-order valence-electron chi connectivity index (χ0n) is 16.4. The first-order valence-corrected chi connectivity index (χ1v) is 10.4. The van der Waals surface area contributed by atoms with Crippen molar-refractivity contribution in [1.82, 2.24) is 4.98 Å². The number of aromatic nitrogens is 1. The number of aromatic hydroxyl groups is 1. The maximum atomic E-state index is 12.5. The van der Waals surface area contributed by atoms with E-state index in [4.69, 9.17) is 21.1 Å². The summed E-state index contributed by atoms with van der Waals surface area (Å²) in [5.74, 6) is -0.487. The largest absolute Gasteiger partial charge is 0.506 e. The normalized spacial score (nSPS) is 20.2. The summed E-state index contributed by atoms with van der Waals surface area (Å²) in [6.07, 6.45) is 0.362. The molecule has 2 atom stereocenters. The second kappa shape index (κ2) is 8.27. The van der Waals surface area contributed by atoms with Gasteiger partial charge in [0.1, 0.15) is 11.4 Å². The molecule has 2 heterocycles. The number of thiazole rings is 1. The number of methoxy groups -OCH3 is 1. The van der Waals surface area contributed by atoms with Crippen molar-refractivity contribution in [3.63, 3.8) is 0 Å². The Morgan fingerprint density at radius 3 is 2.82 bits per heavy atom. The van der Waals surface area contributed by atoms with Crippen molar-refractivity contribution in [2.24, 2.45) is 5.92 Å². The van der Waals surface area contributed by atoms with Crippen LogP contribution in [0.4, 0.5) is 5.13 Å². The monoisotopic (exact) mass is 424 g/mol. The lowest BCUT2D eigenvalue weighted by atomic mass is 9.93. The van der Waals surface area contributed by atoms with Crippen LogP contribution in [0.2, 0.25) is 5.02 Å². The number of piperidine rings is 1. The van der Waals surface area contributed by atoms with Gasteiger partial charge in [-0.15, -0.1) is 11.3 Å². The number of esters is 1. The van der Waals surface area contributed by atoms with E-state index >= 15 is 0 Å². The quantitative estimate of drug-likeness (QED) is 0.735. The number of carbonyl (C=O) groups excluding carboxylic acids is 1. The number of phenolic OH excluding ortho intramolecular Hbond substituents is 1. The highest BCUT2D eigenvalue weighted by Gasteiger charge is 2.37. The third-order valence-corrected chi connectivity index (χ3v) is 5.80. The van der Waals surface area contributed by atoms with Crippen LogP contribution in [0.1, 0.15) is 27.2 Å². The van der Waals surface area contributed by atoms with Gasteiger partial charge in [-0.25, -0.2) is 4.98 Å². The van der Waals surface area contributed by atoms with E-state index in [2.05, 4.69) is 9.88 Å². The number of anilines is 1. The van der Waals surface area contributed by atoms with Gasteiger partial charge in [-0.1, -0.05) is 17.7 Å². The molecular formula is C20H25ClN2O4S. The number of benzene rings is 1. The molecule has 1 saturated heterocycles. The van der Waals surface area contributed by atoms with E-state index in [0.717, 1.165) is 5.13 Å². The number of nitrogens with zero attached hydrogens (tertiary/aromatic N) is 2. The molecule has 0 saturated carbocycles. The Bertz CT molecular complexity index is 849. The predicted octanol–water partition coefficient (Wildman–Crippen LogP) is 4.35. The number of carbonyl (C=O) groups is 1. The lowest BCUT2D eigenvalue weighted by molar-refractivity contribution is -0.165. The Kier molecular flexibility index (Phi) is 6.17. The number of rotatable bonds is 4. The number of halogens is 1. The van der Waals surface area contributed by atoms with E-state index in [1.807, 2.05) is 26.2 Å². The van der Waals surface area contributed by atoms with Crippen molar-refractivity contribution in [1.29, 1.82) is 0 Å². The number of phenols is 1. The summed E-state index contributed by atoms with van der Waals surface area (Å²) < 4.78 is 11.1. The Hall–Kier alpha value is -1.83. The van der Waals surface area contributed by atoms with Crippen LogP contribution in [-0.2, 0) is 14.3 Å². The van der Waals surface area contributed by atoms with Gasteiger partial charge >= 0.3 is 5.97 Å². The fraction of sp³-hybridized carbons (Fsp3) is 0.500. The van der Waals surface area contributed by atoms with E-state index in [1.54, 1.807) is 25.3 Å². The first-order chi connectivity index (χ1) is 13.2. The van der Waals surface area contributed by atoms with Crippen LogP contribution in [0, 0.1) is 5.92 Å². The van der Waals surface area contributed by atoms with E-state index in [1.165, 1.54) is 11.3 Å². The minimum Gasteiger partial charge on any atom is -0.506 e. The summed E-state index contributed by atoms with van der Waals surface area (Å²) in [4.78, 5) is 19.3. The average Bonchev–Trinajstić information content (AvgIpc) is 3.12. The molecule has 2 aromatic rings. The molecule has 1 aromatic carbocycles. The van der Waals surface area contributed by atoms with Gasteiger partial charge < -0.3 is 19.5 Å². The van der Waals surface area contributed by atoms with Crippen LogP contribution in [-0.4, -0.2) is 48.0 Å². The van der Waals surface area contributed by atoms with Crippen LogP contribution < -0.4 is 4.90 Å². The fourth-order valence-corrected chi connectivity index (χ4v) is 4.27. The first-order valence-electron chi connectivity index (χ1n) is 9.13. The van der Waals surface area contributed by atoms with Gasteiger partial charge in [0.05, 0.1) is 22.7 Å². The predicted molar refractivity (Wildman–Crippen MR) is 111 cm³/mol. The van der Waals surface area contributed by atoms with Crippen molar-refractivity contribution in [2.45, 2.75) is 38.9 Å². The summed E-state index contributed by atoms with van der Waals surface area (Å²) in [6.45, 7) is 6.83. The van der Waals surface area contributed by atoms with Crippen molar-refractivity contribution >= 4 is 34.0 Å². The second-order valence-electron chi connectivity index (χ2n) is 7.80. The molecule has 6 nitrogen and oxygen atoms in total. The Labute approximate surface area is 174 Å². The van der Waals surface area contributed by atoms with E-state index in [0.29, 0.717) is 35.8 Å². The van der Waals surface area contributed by atoms with E-state index in [-0.39, 0.29) is 23.7 Å². The molecule has 0 radical (unpaired) electrons. The molecule has 1 aliphatic rings. The topological polar surface area (TPSA) is 71.9 Å². The smallest absolute Gasteiger partial charge is 0.312 e. The zero-order chi connectivity index (χ0) is 20.5. The molecule has 1 aliphatic heterocycles. The average molecular weight is 425 g/mol. The lowest BCUT2D eigenvalue weighted by Crippen LogP contribution is -2.49. The standard InChI is InChI=1S/C20H25ClN2O4S/c1-20(2,3)27-18(25)13-8-9-23(10-16(13)26-4)19-22-15(11-28-19)12-6-5-7-14(21)17(12)24/h5-7,11,13,16,24H,8-10H2,1-4H3/t13-,16+/m1/s1. The van der Waals surface area contributed by atoms with Gasteiger partial charge in [0.2, 0.25) is 0 Å². The first kappa shape index (κ1) is 20.9. The van der Waals surface area contributed by atoms with Crippen molar-refractivity contribution < 1.29 is 19.4 Å². The molecule has 28 heavy (non-hydrogen) atoms. The van der Waals surface area contributed by atoms with Crippen LogP contribution in [0.25, 0.3) is 11.3 Å². The maximum absolute atomic E-state index is 12.5. The number of ether oxygens (including phenoxy) is 2. The molecule has 0 amide bonds. The van der Waals surface area contributed by atoms with Crippen molar-refractivity contribution in [2.75, 3.05) is 25.1 Å². The number of hydrogen-bond donors (Lipinski definition) is 1. The van der Waals surface area contributed by atoms with Crippen LogP contribution in [0.15, 0.2) is 23.6 Å². The molecule has 0 bridgehead atoms. The number of para-hydroxylation sites is 1. The molecule has 1 fully saturated rings. The third kappa shape index (κ3) is 4.59. The molecule has 3 rings (SSSR count). The molecule has 0 spiro atoms. The van der Waals surface area contributed by atoms with Gasteiger partial charge in [-0.05, 0) is 39.3 Å². The zero-order valence-corrected chi connectivity index (χ0v) is 18.0. The van der Waals surface area contributed by atoms with Crippen LogP contribution >= 0.6 is 22.9 Å². The molecular weight excluding hydrogens is 400 g/mol. The van der Waals surface area contributed by atoms with Crippen LogP contribution in [0.3, 0.4) is 0 Å². The second-order valence-corrected chi connectivity index (χ2v) is 9.04. The van der Waals surface area contributed by atoms with Gasteiger partial charge in [-0.3, -0.25) is 4.79 Å². The van der Waals surface area contributed by atoms with Gasteiger partial charge in [-0.2, -0.15) is 0 Å². The summed E-state index contributed by atoms with van der Waals surface area (Å²) in [5, 5.41) is 13.2. The Balaban J connectivity index is 1.74. The third-order valence-electron chi connectivity index (χ3n) is 4.60. The van der Waals surface area contributed by atoms with Gasteiger partial charge in [0.25, 0.3) is 0 Å².